The Labute approximate surface area is 198 Å². The monoisotopic (exact) mass is 450 g/mol. The molecule has 3 aromatic carbocycles. The summed E-state index contributed by atoms with van der Waals surface area (Å²) in [6.07, 6.45) is 1.39. The first-order valence-electron chi connectivity index (χ1n) is 12.1. The van der Waals surface area contributed by atoms with E-state index in [0.717, 1.165) is 34.4 Å². The molecular weight excluding hydrogens is 424 g/mol. The van der Waals surface area contributed by atoms with Gasteiger partial charge in [-0.15, -0.1) is 0 Å². The number of anilines is 1. The van der Waals surface area contributed by atoms with Crippen molar-refractivity contribution in [2.75, 3.05) is 25.1 Å². The number of para-hydroxylation sites is 1. The number of ketones is 1. The van der Waals surface area contributed by atoms with Crippen LogP contribution in [0.25, 0.3) is 0 Å². The van der Waals surface area contributed by atoms with E-state index in [9.17, 15) is 9.59 Å². The van der Waals surface area contributed by atoms with Crippen molar-refractivity contribution < 1.29 is 14.3 Å². The van der Waals surface area contributed by atoms with Crippen LogP contribution in [0.2, 0.25) is 0 Å². The van der Waals surface area contributed by atoms with Gasteiger partial charge in [-0.3, -0.25) is 14.5 Å². The molecule has 3 aliphatic heterocycles. The van der Waals surface area contributed by atoms with E-state index in [4.69, 9.17) is 4.74 Å². The molecule has 5 nitrogen and oxygen atoms in total. The second kappa shape index (κ2) is 7.11. The Bertz CT molecular complexity index is 1320. The van der Waals surface area contributed by atoms with Crippen LogP contribution in [0.3, 0.4) is 0 Å². The van der Waals surface area contributed by atoms with E-state index in [2.05, 4.69) is 28.4 Å². The third-order valence-electron chi connectivity index (χ3n) is 8.67. The number of rotatable bonds is 1. The molecule has 3 heterocycles. The number of hydrogen-bond acceptors (Lipinski definition) is 4. The first kappa shape index (κ1) is 20.1. The molecule has 4 atom stereocenters. The zero-order valence-corrected chi connectivity index (χ0v) is 18.9. The predicted octanol–water partition coefficient (Wildman–Crippen LogP) is 4.15. The number of fused-ring (bicyclic) bond motifs is 6. The first-order valence-corrected chi connectivity index (χ1v) is 12.1. The van der Waals surface area contributed by atoms with Crippen molar-refractivity contribution in [3.63, 3.8) is 0 Å². The Morgan fingerprint density at radius 1 is 0.912 bits per heavy atom. The summed E-state index contributed by atoms with van der Waals surface area (Å²) >= 11 is 0. The third-order valence-corrected chi connectivity index (χ3v) is 8.67. The van der Waals surface area contributed by atoms with Crippen LogP contribution in [0.5, 0.6) is 0 Å². The standard InChI is InChI=1S/C29H26N2O3/c32-26-21-11-5-4-8-19(21)14-15-28(26)25(20-9-2-1-3-10-20)24-18-34-17-16-31(24)29(28)22-12-6-7-13-23(22)30-27(29)33/h1-13,24-25H,14-18H2,(H,30,33). The molecule has 0 bridgehead atoms. The van der Waals surface area contributed by atoms with E-state index < -0.39 is 11.0 Å². The third kappa shape index (κ3) is 2.26. The van der Waals surface area contributed by atoms with E-state index in [-0.39, 0.29) is 23.7 Å². The number of hydrogen-bond donors (Lipinski definition) is 1. The molecule has 0 radical (unpaired) electrons. The van der Waals surface area contributed by atoms with Crippen molar-refractivity contribution >= 4 is 17.4 Å². The SMILES string of the molecule is O=C1c2ccccc2CCC12C(c1ccccc1)C1COCCN1C21C(=O)Nc2ccccc21. The fraction of sp³-hybridized carbons (Fsp3) is 0.310. The smallest absolute Gasteiger partial charge is 0.250 e. The van der Waals surface area contributed by atoms with Crippen molar-refractivity contribution in [1.29, 1.82) is 0 Å². The molecule has 4 unspecified atom stereocenters. The van der Waals surface area contributed by atoms with Gasteiger partial charge in [0.25, 0.3) is 5.91 Å². The number of morpholine rings is 1. The lowest BCUT2D eigenvalue weighted by molar-refractivity contribution is -0.135. The molecule has 34 heavy (non-hydrogen) atoms. The van der Waals surface area contributed by atoms with Crippen LogP contribution in [0.1, 0.15) is 39.4 Å². The first-order chi connectivity index (χ1) is 16.7. The van der Waals surface area contributed by atoms with E-state index in [0.29, 0.717) is 26.2 Å². The lowest BCUT2D eigenvalue weighted by atomic mass is 9.53. The minimum atomic E-state index is -1.07. The minimum Gasteiger partial charge on any atom is -0.378 e. The number of nitrogens with one attached hydrogen (secondary N) is 1. The largest absolute Gasteiger partial charge is 0.378 e. The number of amides is 1. The van der Waals surface area contributed by atoms with Gasteiger partial charge in [0.05, 0.1) is 18.6 Å². The number of Topliss-reactive ketones (excluding diaryl/α,β-unsaturated/α-hetero) is 1. The Morgan fingerprint density at radius 3 is 2.56 bits per heavy atom. The summed E-state index contributed by atoms with van der Waals surface area (Å²) in [6, 6.07) is 26.1. The zero-order valence-electron chi connectivity index (χ0n) is 18.9. The van der Waals surface area contributed by atoms with E-state index in [1.54, 1.807) is 0 Å². The van der Waals surface area contributed by atoms with Crippen molar-refractivity contribution in [3.05, 3.63) is 101 Å². The maximum atomic E-state index is 14.8. The van der Waals surface area contributed by atoms with Gasteiger partial charge in [0, 0.05) is 35.3 Å². The molecule has 0 saturated carbocycles. The molecule has 1 N–H and O–H groups in total. The number of aryl methyl sites for hydroxylation is 1. The van der Waals surface area contributed by atoms with Crippen molar-refractivity contribution in [3.8, 4) is 0 Å². The number of ether oxygens (including phenoxy) is 1. The molecule has 1 amide bonds. The summed E-state index contributed by atoms with van der Waals surface area (Å²) in [4.78, 5) is 31.4. The second-order valence-electron chi connectivity index (χ2n) is 9.89. The minimum absolute atomic E-state index is 0.0673. The molecule has 2 saturated heterocycles. The number of carbonyl (C=O) groups excluding carboxylic acids is 2. The van der Waals surface area contributed by atoms with Crippen LogP contribution in [0, 0.1) is 5.41 Å². The average Bonchev–Trinajstić information content (AvgIpc) is 3.33. The van der Waals surface area contributed by atoms with Crippen LogP contribution in [-0.2, 0) is 21.5 Å². The van der Waals surface area contributed by atoms with Gasteiger partial charge >= 0.3 is 0 Å². The van der Waals surface area contributed by atoms with Crippen molar-refractivity contribution in [2.45, 2.75) is 30.3 Å². The topological polar surface area (TPSA) is 58.6 Å². The van der Waals surface area contributed by atoms with Gasteiger partial charge in [-0.25, -0.2) is 0 Å². The Balaban J connectivity index is 1.59. The fourth-order valence-corrected chi connectivity index (χ4v) is 7.55. The second-order valence-corrected chi connectivity index (χ2v) is 9.89. The number of nitrogens with zero attached hydrogens (tertiary/aromatic N) is 1. The van der Waals surface area contributed by atoms with Crippen molar-refractivity contribution in [1.82, 2.24) is 4.90 Å². The molecule has 1 aliphatic carbocycles. The number of benzene rings is 3. The molecule has 7 rings (SSSR count). The van der Waals surface area contributed by atoms with Gasteiger partial charge in [0.2, 0.25) is 0 Å². The maximum absolute atomic E-state index is 14.8. The maximum Gasteiger partial charge on any atom is 0.250 e. The molecule has 3 aromatic rings. The van der Waals surface area contributed by atoms with Crippen LogP contribution >= 0.6 is 0 Å². The van der Waals surface area contributed by atoms with E-state index in [1.165, 1.54) is 0 Å². The highest BCUT2D eigenvalue weighted by atomic mass is 16.5. The summed E-state index contributed by atoms with van der Waals surface area (Å²) in [5.74, 6) is -0.150. The van der Waals surface area contributed by atoms with Gasteiger partial charge in [-0.1, -0.05) is 72.8 Å². The van der Waals surface area contributed by atoms with Gasteiger partial charge in [-0.05, 0) is 30.0 Å². The summed E-state index contributed by atoms with van der Waals surface area (Å²) in [5.41, 5.74) is 2.68. The van der Waals surface area contributed by atoms with E-state index in [1.807, 2.05) is 60.7 Å². The Morgan fingerprint density at radius 2 is 1.68 bits per heavy atom. The van der Waals surface area contributed by atoms with Crippen LogP contribution < -0.4 is 5.32 Å². The zero-order chi connectivity index (χ0) is 22.9. The van der Waals surface area contributed by atoms with Gasteiger partial charge < -0.3 is 10.1 Å². The fourth-order valence-electron chi connectivity index (χ4n) is 7.55. The van der Waals surface area contributed by atoms with Gasteiger partial charge in [0.1, 0.15) is 5.54 Å². The summed E-state index contributed by atoms with van der Waals surface area (Å²) in [7, 11) is 0. The highest BCUT2D eigenvalue weighted by molar-refractivity contribution is 6.15. The highest BCUT2D eigenvalue weighted by Gasteiger charge is 2.77. The van der Waals surface area contributed by atoms with Crippen molar-refractivity contribution in [2.24, 2.45) is 5.41 Å². The average molecular weight is 451 g/mol. The molecule has 2 fully saturated rings. The van der Waals surface area contributed by atoms with E-state index >= 15 is 0 Å². The molecule has 0 aromatic heterocycles. The summed E-state index contributed by atoms with van der Waals surface area (Å²) < 4.78 is 6.02. The predicted molar refractivity (Wildman–Crippen MR) is 129 cm³/mol. The molecule has 2 spiro atoms. The quantitative estimate of drug-likeness (QED) is 0.605. The lowest BCUT2D eigenvalue weighted by Gasteiger charge is -2.49. The number of carbonyl (C=O) groups is 2. The molecular formula is C29H26N2O3. The molecule has 5 heteroatoms. The van der Waals surface area contributed by atoms with Crippen LogP contribution in [0.4, 0.5) is 5.69 Å². The normalized spacial score (nSPS) is 31.9. The molecule has 170 valence electrons. The van der Waals surface area contributed by atoms with Gasteiger partial charge in [0.15, 0.2) is 5.78 Å². The van der Waals surface area contributed by atoms with Crippen LogP contribution in [0.15, 0.2) is 78.9 Å². The Kier molecular flexibility index (Phi) is 4.21. The Hall–Kier alpha value is -3.28. The summed E-state index contributed by atoms with van der Waals surface area (Å²) in [6.45, 7) is 1.68. The van der Waals surface area contributed by atoms with Gasteiger partial charge in [-0.2, -0.15) is 0 Å². The summed E-state index contributed by atoms with van der Waals surface area (Å²) in [5, 5.41) is 3.18. The molecule has 4 aliphatic rings. The lowest BCUT2D eigenvalue weighted by Crippen LogP contribution is -2.62. The highest BCUT2D eigenvalue weighted by Crippen LogP contribution is 2.68. The van der Waals surface area contributed by atoms with Crippen LogP contribution in [-0.4, -0.2) is 42.4 Å².